The van der Waals surface area contributed by atoms with Gasteiger partial charge in [-0.2, -0.15) is 0 Å². The topological polar surface area (TPSA) is 0 Å². The van der Waals surface area contributed by atoms with E-state index in [4.69, 9.17) is 0 Å². The second-order valence-corrected chi connectivity index (χ2v) is 8.67. The molecule has 0 amide bonds. The van der Waals surface area contributed by atoms with Crippen LogP contribution in [0.4, 0.5) is 2.86 Å². The summed E-state index contributed by atoms with van der Waals surface area (Å²) in [5.41, 5.74) is 1.18. The van der Waals surface area contributed by atoms with Crippen molar-refractivity contribution in [3.05, 3.63) is 33.4 Å². The van der Waals surface area contributed by atoms with E-state index in [1.165, 1.54) is 50.5 Å². The van der Waals surface area contributed by atoms with Crippen LogP contribution in [0.5, 0.6) is 0 Å². The molecule has 0 unspecified atom stereocenters. The van der Waals surface area contributed by atoms with Gasteiger partial charge in [-0.3, -0.25) is 0 Å². The standard InChI is InChI=1S/C19H28FI/c1-3-4-5-6-7-8-9-10-11-12-17-21(20)19-15-13-18(2)14-16-19/h13-16H,3-11H2,1-2H3. The quantitative estimate of drug-likeness (QED) is 0.236. The average Bonchev–Trinajstić information content (AvgIpc) is 2.49. The number of halogens is 2. The minimum absolute atomic E-state index is 0.827. The van der Waals surface area contributed by atoms with Crippen LogP contribution in [0.1, 0.15) is 70.3 Å². The van der Waals surface area contributed by atoms with Crippen LogP contribution in [0.15, 0.2) is 24.3 Å². The van der Waals surface area contributed by atoms with E-state index in [9.17, 15) is 2.86 Å². The van der Waals surface area contributed by atoms with Crippen molar-refractivity contribution >= 4 is 20.4 Å². The van der Waals surface area contributed by atoms with Crippen LogP contribution in [-0.4, -0.2) is 0 Å². The predicted octanol–water partition coefficient (Wildman–Crippen LogP) is 7.05. The van der Waals surface area contributed by atoms with Crippen LogP contribution in [0.3, 0.4) is 0 Å². The summed E-state index contributed by atoms with van der Waals surface area (Å²) in [6, 6.07) is 7.73. The van der Waals surface area contributed by atoms with E-state index in [1.807, 2.05) is 31.2 Å². The Balaban J connectivity index is 2.08. The van der Waals surface area contributed by atoms with Crippen molar-refractivity contribution in [1.82, 2.24) is 0 Å². The van der Waals surface area contributed by atoms with Crippen molar-refractivity contribution in [2.45, 2.75) is 71.6 Å². The minimum atomic E-state index is -2.70. The van der Waals surface area contributed by atoms with Gasteiger partial charge in [0.15, 0.2) is 0 Å². The van der Waals surface area contributed by atoms with E-state index in [-0.39, 0.29) is 0 Å². The Morgan fingerprint density at radius 3 is 2.10 bits per heavy atom. The van der Waals surface area contributed by atoms with Crippen LogP contribution >= 0.6 is 20.4 Å². The van der Waals surface area contributed by atoms with E-state index in [2.05, 4.69) is 16.8 Å². The number of hydrogen-bond donors (Lipinski definition) is 0. The van der Waals surface area contributed by atoms with Crippen LogP contribution in [-0.2, 0) is 0 Å². The van der Waals surface area contributed by atoms with Crippen molar-refractivity contribution in [3.8, 4) is 9.85 Å². The van der Waals surface area contributed by atoms with E-state index in [0.717, 1.165) is 16.4 Å². The second kappa shape index (κ2) is 12.0. The summed E-state index contributed by atoms with van der Waals surface area (Å²) in [6.07, 6.45) is 11.3. The zero-order valence-electron chi connectivity index (χ0n) is 13.4. The summed E-state index contributed by atoms with van der Waals surface area (Å²) in [4.78, 5) is 0. The van der Waals surface area contributed by atoms with Crippen LogP contribution < -0.4 is 0 Å². The molecule has 0 aliphatic rings. The van der Waals surface area contributed by atoms with E-state index in [0.29, 0.717) is 0 Å². The Labute approximate surface area is 138 Å². The Bertz CT molecular complexity index is 427. The molecule has 0 aliphatic heterocycles. The van der Waals surface area contributed by atoms with Gasteiger partial charge in [0, 0.05) is 0 Å². The van der Waals surface area contributed by atoms with Gasteiger partial charge in [0.25, 0.3) is 0 Å². The van der Waals surface area contributed by atoms with Crippen molar-refractivity contribution < 1.29 is 2.86 Å². The van der Waals surface area contributed by atoms with Gasteiger partial charge in [0.2, 0.25) is 0 Å². The van der Waals surface area contributed by atoms with Gasteiger partial charge < -0.3 is 0 Å². The third-order valence-corrected chi connectivity index (χ3v) is 6.18. The Morgan fingerprint density at radius 2 is 1.48 bits per heavy atom. The predicted molar refractivity (Wildman–Crippen MR) is 100 cm³/mol. The first-order valence-corrected chi connectivity index (χ1v) is 11.1. The zero-order chi connectivity index (χ0) is 15.3. The zero-order valence-corrected chi connectivity index (χ0v) is 15.6. The normalized spacial score (nSPS) is 10.9. The molecule has 1 aromatic carbocycles. The van der Waals surface area contributed by atoms with Crippen molar-refractivity contribution in [1.29, 1.82) is 0 Å². The number of rotatable bonds is 9. The Morgan fingerprint density at radius 1 is 0.905 bits per heavy atom. The molecule has 0 aliphatic carbocycles. The van der Waals surface area contributed by atoms with Gasteiger partial charge in [0.1, 0.15) is 0 Å². The molecule has 118 valence electrons. The molecule has 0 heterocycles. The van der Waals surface area contributed by atoms with Crippen LogP contribution in [0.25, 0.3) is 0 Å². The first kappa shape index (κ1) is 18.5. The van der Waals surface area contributed by atoms with Gasteiger partial charge in [-0.05, 0) is 0 Å². The third-order valence-electron chi connectivity index (χ3n) is 3.51. The maximum absolute atomic E-state index is 14.0. The molecule has 0 nitrogen and oxygen atoms in total. The summed E-state index contributed by atoms with van der Waals surface area (Å²) in [5, 5.41) is 0. The molecule has 0 bridgehead atoms. The average molecular weight is 402 g/mol. The fraction of sp³-hybridized carbons (Fsp3) is 0.579. The van der Waals surface area contributed by atoms with Crippen LogP contribution in [0, 0.1) is 20.3 Å². The molecule has 1 aromatic rings. The fourth-order valence-electron chi connectivity index (χ4n) is 2.15. The third kappa shape index (κ3) is 9.14. The van der Waals surface area contributed by atoms with E-state index in [1.54, 1.807) is 0 Å². The number of hydrogen-bond acceptors (Lipinski definition) is 0. The number of benzene rings is 1. The summed E-state index contributed by atoms with van der Waals surface area (Å²) < 4.78 is 17.7. The SMILES string of the molecule is CCCCCCCCCCC#CI(F)c1ccc(C)cc1. The summed E-state index contributed by atoms with van der Waals surface area (Å²) in [6.45, 7) is 4.27. The Hall–Kier alpha value is -0.560. The maximum atomic E-state index is 14.0. The van der Waals surface area contributed by atoms with Crippen molar-refractivity contribution in [3.63, 3.8) is 0 Å². The molecule has 2 heteroatoms. The molecule has 0 N–H and O–H groups in total. The molecule has 0 aromatic heterocycles. The van der Waals surface area contributed by atoms with Gasteiger partial charge in [-0.15, -0.1) is 0 Å². The van der Waals surface area contributed by atoms with E-state index >= 15 is 0 Å². The van der Waals surface area contributed by atoms with Gasteiger partial charge >= 0.3 is 138 Å². The van der Waals surface area contributed by atoms with Crippen molar-refractivity contribution in [2.24, 2.45) is 0 Å². The van der Waals surface area contributed by atoms with Gasteiger partial charge in [-0.1, -0.05) is 0 Å². The Kier molecular flexibility index (Phi) is 10.6. The molecule has 0 fully saturated rings. The monoisotopic (exact) mass is 402 g/mol. The molecule has 0 atom stereocenters. The summed E-state index contributed by atoms with van der Waals surface area (Å²) in [5.74, 6) is 3.05. The van der Waals surface area contributed by atoms with Crippen LogP contribution in [0.2, 0.25) is 0 Å². The number of unbranched alkanes of at least 4 members (excludes halogenated alkanes) is 8. The molecule has 1 rings (SSSR count). The van der Waals surface area contributed by atoms with E-state index < -0.39 is 20.4 Å². The second-order valence-electron chi connectivity index (χ2n) is 5.53. The molecular weight excluding hydrogens is 374 g/mol. The molecule has 0 radical (unpaired) electrons. The first-order valence-electron chi connectivity index (χ1n) is 8.15. The molecule has 21 heavy (non-hydrogen) atoms. The molecule has 0 spiro atoms. The molecule has 0 saturated carbocycles. The summed E-state index contributed by atoms with van der Waals surface area (Å²) in [7, 11) is 0. The van der Waals surface area contributed by atoms with Gasteiger partial charge in [0.05, 0.1) is 0 Å². The fourth-order valence-corrected chi connectivity index (χ4v) is 4.06. The van der Waals surface area contributed by atoms with Gasteiger partial charge in [-0.25, -0.2) is 0 Å². The molecular formula is C19H28FI. The first-order chi connectivity index (χ1) is 10.2. The molecule has 0 saturated heterocycles. The summed E-state index contributed by atoms with van der Waals surface area (Å²) >= 11 is -2.70. The van der Waals surface area contributed by atoms with Crippen molar-refractivity contribution in [2.75, 3.05) is 0 Å². The number of aryl methyl sites for hydroxylation is 1.